The second-order valence-electron chi connectivity index (χ2n) is 7.20. The number of halogens is 2. The SMILES string of the molecule is CC1c2nnc(C3CCCC3)n2CCN1C(=O)Cc1cccc(F)c1F. The summed E-state index contributed by atoms with van der Waals surface area (Å²) in [5.74, 6) is 0.185. The molecule has 5 nitrogen and oxygen atoms in total. The van der Waals surface area contributed by atoms with Crippen molar-refractivity contribution < 1.29 is 13.6 Å². The van der Waals surface area contributed by atoms with E-state index >= 15 is 0 Å². The van der Waals surface area contributed by atoms with Crippen LogP contribution in [0.5, 0.6) is 0 Å². The third kappa shape index (κ3) is 2.89. The lowest BCUT2D eigenvalue weighted by Crippen LogP contribution is -2.42. The van der Waals surface area contributed by atoms with E-state index in [1.54, 1.807) is 4.90 Å². The molecule has 1 atom stereocenters. The molecule has 2 heterocycles. The Morgan fingerprint density at radius 3 is 2.65 bits per heavy atom. The lowest BCUT2D eigenvalue weighted by molar-refractivity contribution is -0.133. The first-order valence-corrected chi connectivity index (χ1v) is 9.21. The Labute approximate surface area is 151 Å². The van der Waals surface area contributed by atoms with Crippen molar-refractivity contribution in [1.29, 1.82) is 0 Å². The highest BCUT2D eigenvalue weighted by molar-refractivity contribution is 5.79. The third-order valence-electron chi connectivity index (χ3n) is 5.63. The minimum Gasteiger partial charge on any atom is -0.331 e. The second kappa shape index (κ2) is 6.78. The zero-order valence-electron chi connectivity index (χ0n) is 14.8. The van der Waals surface area contributed by atoms with Crippen LogP contribution in [-0.4, -0.2) is 32.1 Å². The number of carbonyl (C=O) groups is 1. The van der Waals surface area contributed by atoms with E-state index in [-0.39, 0.29) is 23.9 Å². The van der Waals surface area contributed by atoms with Crippen molar-refractivity contribution in [1.82, 2.24) is 19.7 Å². The van der Waals surface area contributed by atoms with Crippen LogP contribution < -0.4 is 0 Å². The van der Waals surface area contributed by atoms with Crippen LogP contribution in [0.15, 0.2) is 18.2 Å². The number of nitrogens with zero attached hydrogens (tertiary/aromatic N) is 4. The van der Waals surface area contributed by atoms with Crippen LogP contribution in [0.2, 0.25) is 0 Å². The summed E-state index contributed by atoms with van der Waals surface area (Å²) in [6, 6.07) is 3.70. The van der Waals surface area contributed by atoms with Crippen LogP contribution in [0.25, 0.3) is 0 Å². The van der Waals surface area contributed by atoms with Gasteiger partial charge in [-0.2, -0.15) is 0 Å². The number of hydrogen-bond acceptors (Lipinski definition) is 3. The molecule has 1 saturated carbocycles. The molecule has 1 aromatic heterocycles. The third-order valence-corrected chi connectivity index (χ3v) is 5.63. The molecular weight excluding hydrogens is 338 g/mol. The summed E-state index contributed by atoms with van der Waals surface area (Å²) < 4.78 is 29.4. The Morgan fingerprint density at radius 1 is 1.15 bits per heavy atom. The molecule has 0 spiro atoms. The molecule has 26 heavy (non-hydrogen) atoms. The van der Waals surface area contributed by atoms with Gasteiger partial charge in [0.15, 0.2) is 17.5 Å². The first-order chi connectivity index (χ1) is 12.6. The minimum absolute atomic E-state index is 0.0842. The van der Waals surface area contributed by atoms with Crippen LogP contribution in [0.3, 0.4) is 0 Å². The Hall–Kier alpha value is -2.31. The fraction of sp³-hybridized carbons (Fsp3) is 0.526. The molecule has 1 unspecified atom stereocenters. The molecular formula is C19H22F2N4O. The van der Waals surface area contributed by atoms with Gasteiger partial charge < -0.3 is 9.47 Å². The lowest BCUT2D eigenvalue weighted by atomic mass is 10.1. The second-order valence-corrected chi connectivity index (χ2v) is 7.20. The quantitative estimate of drug-likeness (QED) is 0.843. The maximum absolute atomic E-state index is 13.9. The van der Waals surface area contributed by atoms with E-state index in [1.165, 1.54) is 25.0 Å². The monoisotopic (exact) mass is 360 g/mol. The molecule has 1 amide bonds. The van der Waals surface area contributed by atoms with E-state index < -0.39 is 11.6 Å². The van der Waals surface area contributed by atoms with Gasteiger partial charge in [0.1, 0.15) is 5.82 Å². The number of amides is 1. The molecule has 2 aromatic rings. The normalized spacial score (nSPS) is 20.4. The van der Waals surface area contributed by atoms with E-state index in [0.717, 1.165) is 30.6 Å². The van der Waals surface area contributed by atoms with Gasteiger partial charge in [0.2, 0.25) is 5.91 Å². The molecule has 0 saturated heterocycles. The van der Waals surface area contributed by atoms with E-state index in [1.807, 2.05) is 6.92 Å². The largest absolute Gasteiger partial charge is 0.331 e. The topological polar surface area (TPSA) is 51.0 Å². The van der Waals surface area contributed by atoms with Gasteiger partial charge in [-0.25, -0.2) is 8.78 Å². The fourth-order valence-electron chi connectivity index (χ4n) is 4.18. The van der Waals surface area contributed by atoms with Gasteiger partial charge >= 0.3 is 0 Å². The van der Waals surface area contributed by atoms with Crippen LogP contribution in [0.1, 0.15) is 61.8 Å². The maximum Gasteiger partial charge on any atom is 0.227 e. The van der Waals surface area contributed by atoms with Gasteiger partial charge in [0, 0.05) is 24.6 Å². The summed E-state index contributed by atoms with van der Waals surface area (Å²) in [5, 5.41) is 8.74. The van der Waals surface area contributed by atoms with Crippen molar-refractivity contribution in [3.8, 4) is 0 Å². The lowest BCUT2D eigenvalue weighted by Gasteiger charge is -2.34. The Bertz CT molecular complexity index is 829. The number of fused-ring (bicyclic) bond motifs is 1. The summed E-state index contributed by atoms with van der Waals surface area (Å²) >= 11 is 0. The van der Waals surface area contributed by atoms with Crippen molar-refractivity contribution in [2.75, 3.05) is 6.54 Å². The van der Waals surface area contributed by atoms with E-state index in [0.29, 0.717) is 19.0 Å². The molecule has 7 heteroatoms. The number of aromatic nitrogens is 3. The zero-order chi connectivity index (χ0) is 18.3. The highest BCUT2D eigenvalue weighted by Gasteiger charge is 2.33. The highest BCUT2D eigenvalue weighted by atomic mass is 19.2. The van der Waals surface area contributed by atoms with Crippen LogP contribution in [0, 0.1) is 11.6 Å². The van der Waals surface area contributed by atoms with Gasteiger partial charge in [-0.05, 0) is 25.8 Å². The number of benzene rings is 1. The minimum atomic E-state index is -0.947. The number of carbonyl (C=O) groups excluding carboxylic acids is 1. The fourth-order valence-corrected chi connectivity index (χ4v) is 4.18. The molecule has 0 N–H and O–H groups in total. The first kappa shape index (κ1) is 17.1. The van der Waals surface area contributed by atoms with Crippen LogP contribution >= 0.6 is 0 Å². The van der Waals surface area contributed by atoms with E-state index in [2.05, 4.69) is 14.8 Å². The molecule has 138 valence electrons. The van der Waals surface area contributed by atoms with Crippen LogP contribution in [-0.2, 0) is 17.8 Å². The summed E-state index contributed by atoms with van der Waals surface area (Å²) in [6.07, 6.45) is 4.60. The molecule has 0 bridgehead atoms. The summed E-state index contributed by atoms with van der Waals surface area (Å²) in [7, 11) is 0. The molecule has 1 aliphatic carbocycles. The first-order valence-electron chi connectivity index (χ1n) is 9.21. The Balaban J connectivity index is 1.53. The molecule has 1 fully saturated rings. The number of hydrogen-bond donors (Lipinski definition) is 0. The summed E-state index contributed by atoms with van der Waals surface area (Å²) in [5.41, 5.74) is 0.0842. The highest BCUT2D eigenvalue weighted by Crippen LogP contribution is 2.35. The summed E-state index contributed by atoms with van der Waals surface area (Å²) in [6.45, 7) is 3.09. The van der Waals surface area contributed by atoms with Crippen molar-refractivity contribution in [3.05, 3.63) is 47.0 Å². The van der Waals surface area contributed by atoms with E-state index in [4.69, 9.17) is 0 Å². The van der Waals surface area contributed by atoms with E-state index in [9.17, 15) is 13.6 Å². The van der Waals surface area contributed by atoms with Gasteiger partial charge in [-0.3, -0.25) is 4.79 Å². The standard InChI is InChI=1S/C19H22F2N4O/c1-12-18-22-23-19(13-5-2-3-6-13)25(18)10-9-24(12)16(26)11-14-7-4-8-15(20)17(14)21/h4,7-8,12-13H,2-3,5-6,9-11H2,1H3. The number of rotatable bonds is 3. The summed E-state index contributed by atoms with van der Waals surface area (Å²) in [4.78, 5) is 14.4. The molecule has 2 aliphatic rings. The predicted molar refractivity (Wildman–Crippen MR) is 91.4 cm³/mol. The van der Waals surface area contributed by atoms with Gasteiger partial charge in [-0.15, -0.1) is 10.2 Å². The van der Waals surface area contributed by atoms with Gasteiger partial charge in [0.25, 0.3) is 0 Å². The molecule has 1 aliphatic heterocycles. The maximum atomic E-state index is 13.9. The average Bonchev–Trinajstić information content (AvgIpc) is 3.28. The van der Waals surface area contributed by atoms with Crippen molar-refractivity contribution in [3.63, 3.8) is 0 Å². The average molecular weight is 360 g/mol. The molecule has 1 aromatic carbocycles. The van der Waals surface area contributed by atoms with Crippen molar-refractivity contribution in [2.45, 2.75) is 57.5 Å². The molecule has 4 rings (SSSR count). The Kier molecular flexibility index (Phi) is 4.46. The zero-order valence-corrected chi connectivity index (χ0v) is 14.8. The Morgan fingerprint density at radius 2 is 1.88 bits per heavy atom. The molecule has 0 radical (unpaired) electrons. The van der Waals surface area contributed by atoms with Gasteiger partial charge in [0.05, 0.1) is 12.5 Å². The smallest absolute Gasteiger partial charge is 0.227 e. The van der Waals surface area contributed by atoms with Crippen molar-refractivity contribution in [2.24, 2.45) is 0 Å². The van der Waals surface area contributed by atoms with Crippen LogP contribution in [0.4, 0.5) is 8.78 Å². The van der Waals surface area contributed by atoms with Crippen molar-refractivity contribution >= 4 is 5.91 Å². The van der Waals surface area contributed by atoms with Gasteiger partial charge in [-0.1, -0.05) is 25.0 Å². The predicted octanol–water partition coefficient (Wildman–Crippen LogP) is 3.36.